The fraction of sp³-hybridized carbons (Fsp3) is 0.793. The fourth-order valence-electron chi connectivity index (χ4n) is 8.72. The van der Waals surface area contributed by atoms with Gasteiger partial charge in [0.2, 0.25) is 0 Å². The summed E-state index contributed by atoms with van der Waals surface area (Å²) in [7, 11) is 0. The van der Waals surface area contributed by atoms with Crippen molar-refractivity contribution in [3.05, 3.63) is 35.5 Å². The summed E-state index contributed by atoms with van der Waals surface area (Å²) in [6.07, 6.45) is 15.2. The van der Waals surface area contributed by atoms with E-state index in [0.29, 0.717) is 23.4 Å². The molecule has 1 N–H and O–H groups in total. The molecule has 8 atom stereocenters. The molecular weight excluding hydrogens is 380 g/mol. The van der Waals surface area contributed by atoms with Crippen molar-refractivity contribution in [3.63, 3.8) is 0 Å². The van der Waals surface area contributed by atoms with Crippen molar-refractivity contribution >= 4 is 0 Å². The maximum absolute atomic E-state index is 10.1. The first-order valence-electron chi connectivity index (χ1n) is 13.0. The quantitative estimate of drug-likeness (QED) is 0.489. The van der Waals surface area contributed by atoms with Gasteiger partial charge in [-0.05, 0) is 81.5 Å². The van der Waals surface area contributed by atoms with E-state index in [1.165, 1.54) is 37.7 Å². The lowest BCUT2D eigenvalue weighted by Crippen LogP contribution is -2.60. The molecule has 1 aliphatic heterocycles. The van der Waals surface area contributed by atoms with Crippen molar-refractivity contribution in [2.75, 3.05) is 6.61 Å². The molecule has 3 saturated carbocycles. The summed E-state index contributed by atoms with van der Waals surface area (Å²) in [6, 6.07) is 0. The summed E-state index contributed by atoms with van der Waals surface area (Å²) >= 11 is 0. The van der Waals surface area contributed by atoms with E-state index in [2.05, 4.69) is 39.5 Å². The zero-order valence-electron chi connectivity index (χ0n) is 20.5. The molecule has 5 rings (SSSR count). The van der Waals surface area contributed by atoms with E-state index in [9.17, 15) is 5.11 Å². The molecule has 31 heavy (non-hydrogen) atoms. The van der Waals surface area contributed by atoms with Crippen LogP contribution in [0.4, 0.5) is 0 Å². The molecule has 1 saturated heterocycles. The number of fused-ring (bicyclic) bond motifs is 7. The lowest BCUT2D eigenvalue weighted by atomic mass is 9.47. The number of hydrogen-bond acceptors (Lipinski definition) is 2. The Morgan fingerprint density at radius 3 is 2.65 bits per heavy atom. The second-order valence-electron chi connectivity index (χ2n) is 12.9. The SMILES string of the molecule is C=C1CC2=CC=C3C4CCC(C(C)CCCC(C)(C)O)[C@@]4(C)CCC3[C@@]2(C)[C@H]2OC[C@@H]12. The average molecular weight is 425 g/mol. The minimum Gasteiger partial charge on any atom is -0.390 e. The van der Waals surface area contributed by atoms with E-state index in [-0.39, 0.29) is 5.41 Å². The fourth-order valence-corrected chi connectivity index (χ4v) is 8.72. The smallest absolute Gasteiger partial charge is 0.0759 e. The predicted octanol–water partition coefficient (Wildman–Crippen LogP) is 6.85. The highest BCUT2D eigenvalue weighted by Gasteiger charge is 2.62. The number of aliphatic hydroxyl groups is 1. The highest BCUT2D eigenvalue weighted by atomic mass is 16.5. The van der Waals surface area contributed by atoms with E-state index >= 15 is 0 Å². The van der Waals surface area contributed by atoms with Crippen molar-refractivity contribution in [1.82, 2.24) is 0 Å². The Balaban J connectivity index is 1.36. The summed E-state index contributed by atoms with van der Waals surface area (Å²) in [5, 5.41) is 10.1. The molecule has 1 heterocycles. The van der Waals surface area contributed by atoms with Crippen molar-refractivity contribution < 1.29 is 9.84 Å². The molecule has 0 bridgehead atoms. The topological polar surface area (TPSA) is 29.5 Å². The van der Waals surface area contributed by atoms with Gasteiger partial charge in [-0.3, -0.25) is 0 Å². The lowest BCUT2D eigenvalue weighted by molar-refractivity contribution is -0.176. The minimum atomic E-state index is -0.529. The average Bonchev–Trinajstić information content (AvgIpc) is 2.98. The highest BCUT2D eigenvalue weighted by Crippen LogP contribution is 2.67. The van der Waals surface area contributed by atoms with Gasteiger partial charge in [-0.25, -0.2) is 0 Å². The first kappa shape index (κ1) is 22.0. The minimum absolute atomic E-state index is 0.186. The Morgan fingerprint density at radius 2 is 1.97 bits per heavy atom. The molecule has 0 aromatic carbocycles. The van der Waals surface area contributed by atoms with Crippen LogP contribution in [0.1, 0.15) is 86.0 Å². The molecular formula is C29H44O2. The van der Waals surface area contributed by atoms with Gasteiger partial charge in [0.15, 0.2) is 0 Å². The monoisotopic (exact) mass is 424 g/mol. The van der Waals surface area contributed by atoms with Crippen LogP contribution in [0.15, 0.2) is 35.5 Å². The molecule has 2 heteroatoms. The van der Waals surface area contributed by atoms with Crippen molar-refractivity contribution in [3.8, 4) is 0 Å². The van der Waals surface area contributed by atoms with Gasteiger partial charge in [-0.1, -0.05) is 69.1 Å². The molecule has 4 fully saturated rings. The Morgan fingerprint density at radius 1 is 1.19 bits per heavy atom. The molecule has 0 aromatic heterocycles. The van der Waals surface area contributed by atoms with Gasteiger partial charge in [-0.15, -0.1) is 0 Å². The van der Waals surface area contributed by atoms with Crippen LogP contribution in [0.3, 0.4) is 0 Å². The van der Waals surface area contributed by atoms with Crippen LogP contribution in [0.2, 0.25) is 0 Å². The summed E-state index contributed by atoms with van der Waals surface area (Å²) in [4.78, 5) is 0. The van der Waals surface area contributed by atoms with Gasteiger partial charge in [0.25, 0.3) is 0 Å². The molecule has 0 amide bonds. The van der Waals surface area contributed by atoms with Crippen molar-refractivity contribution in [1.29, 1.82) is 0 Å². The highest BCUT2D eigenvalue weighted by molar-refractivity contribution is 5.44. The third-order valence-corrected chi connectivity index (χ3v) is 10.6. The molecule has 4 unspecified atom stereocenters. The normalized spacial score (nSPS) is 44.8. The molecule has 0 spiro atoms. The maximum atomic E-state index is 10.1. The first-order chi connectivity index (χ1) is 14.6. The van der Waals surface area contributed by atoms with Gasteiger partial charge >= 0.3 is 0 Å². The van der Waals surface area contributed by atoms with E-state index in [1.807, 2.05) is 13.8 Å². The number of allylic oxidation sites excluding steroid dienone is 3. The van der Waals surface area contributed by atoms with E-state index < -0.39 is 5.60 Å². The van der Waals surface area contributed by atoms with Crippen LogP contribution in [0, 0.1) is 40.4 Å². The molecule has 5 aliphatic rings. The summed E-state index contributed by atoms with van der Waals surface area (Å²) in [6.45, 7) is 16.8. The predicted molar refractivity (Wildman–Crippen MR) is 128 cm³/mol. The second-order valence-corrected chi connectivity index (χ2v) is 12.9. The number of ether oxygens (including phenoxy) is 1. The summed E-state index contributed by atoms with van der Waals surface area (Å²) < 4.78 is 6.24. The number of rotatable bonds is 5. The molecule has 172 valence electrons. The van der Waals surface area contributed by atoms with Gasteiger partial charge in [-0.2, -0.15) is 0 Å². The Labute approximate surface area is 190 Å². The first-order valence-corrected chi connectivity index (χ1v) is 13.0. The Kier molecular flexibility index (Phi) is 5.19. The van der Waals surface area contributed by atoms with Crippen LogP contribution in [0.25, 0.3) is 0 Å². The molecule has 4 aliphatic carbocycles. The van der Waals surface area contributed by atoms with Gasteiger partial charge in [0, 0.05) is 11.3 Å². The standard InChI is InChI=1S/C29H44O2/c1-18(8-7-14-27(3,4)30)23-11-12-24-21-10-9-20-16-19(2)22-17-31-26(22)29(20,6)25(21)13-15-28(23,24)5/h9-10,18,22-26,30H,2,7-8,11-17H2,1,3-6H3/t18?,22-,23?,24?,25?,26-,28+,29-/m0/s1. The van der Waals surface area contributed by atoms with E-state index in [4.69, 9.17) is 4.74 Å². The van der Waals surface area contributed by atoms with Gasteiger partial charge in [0.05, 0.1) is 18.3 Å². The van der Waals surface area contributed by atoms with Crippen molar-refractivity contribution in [2.45, 2.75) is 97.7 Å². The van der Waals surface area contributed by atoms with Crippen LogP contribution < -0.4 is 0 Å². The van der Waals surface area contributed by atoms with Crippen LogP contribution in [0.5, 0.6) is 0 Å². The summed E-state index contributed by atoms with van der Waals surface area (Å²) in [5.74, 6) is 3.55. The van der Waals surface area contributed by atoms with Crippen LogP contribution in [-0.4, -0.2) is 23.4 Å². The van der Waals surface area contributed by atoms with Crippen LogP contribution in [-0.2, 0) is 4.74 Å². The molecule has 0 radical (unpaired) electrons. The zero-order valence-corrected chi connectivity index (χ0v) is 20.5. The lowest BCUT2D eigenvalue weighted by Gasteiger charge is -2.61. The number of hydrogen-bond donors (Lipinski definition) is 1. The zero-order chi connectivity index (χ0) is 22.2. The van der Waals surface area contributed by atoms with Crippen LogP contribution >= 0.6 is 0 Å². The van der Waals surface area contributed by atoms with E-state index in [1.54, 1.807) is 11.1 Å². The Bertz CT molecular complexity index is 813. The largest absolute Gasteiger partial charge is 0.390 e. The third kappa shape index (κ3) is 3.26. The van der Waals surface area contributed by atoms with Crippen molar-refractivity contribution in [2.24, 2.45) is 40.4 Å². The Hall–Kier alpha value is -0.860. The van der Waals surface area contributed by atoms with E-state index in [0.717, 1.165) is 43.6 Å². The molecule has 0 aromatic rings. The van der Waals surface area contributed by atoms with Gasteiger partial charge < -0.3 is 9.84 Å². The third-order valence-electron chi connectivity index (χ3n) is 10.6. The second kappa shape index (κ2) is 7.32. The summed E-state index contributed by atoms with van der Waals surface area (Å²) in [5.41, 5.74) is 4.85. The molecule has 2 nitrogen and oxygen atoms in total. The van der Waals surface area contributed by atoms with Gasteiger partial charge in [0.1, 0.15) is 0 Å². The maximum Gasteiger partial charge on any atom is 0.0759 e.